The first-order valence-electron chi connectivity index (χ1n) is 8.20. The number of aliphatic hydroxyl groups excluding tert-OH is 1. The fourth-order valence-electron chi connectivity index (χ4n) is 2.84. The van der Waals surface area contributed by atoms with Crippen molar-refractivity contribution in [3.8, 4) is 11.1 Å². The topological polar surface area (TPSA) is 78.9 Å². The van der Waals surface area contributed by atoms with Gasteiger partial charge in [-0.1, -0.05) is 18.2 Å². The average Bonchev–Trinajstić information content (AvgIpc) is 3.00. The predicted octanol–water partition coefficient (Wildman–Crippen LogP) is 2.45. The summed E-state index contributed by atoms with van der Waals surface area (Å²) in [6, 6.07) is 11.5. The largest absolute Gasteiger partial charge is 0.442 e. The number of nitrogens with zero attached hydrogens (tertiary/aromatic N) is 1. The van der Waals surface area contributed by atoms with Gasteiger partial charge in [0, 0.05) is 12.5 Å². The summed E-state index contributed by atoms with van der Waals surface area (Å²) in [5.41, 5.74) is 2.11. The van der Waals surface area contributed by atoms with Gasteiger partial charge in [-0.15, -0.1) is 0 Å². The van der Waals surface area contributed by atoms with Crippen molar-refractivity contribution in [3.63, 3.8) is 0 Å². The van der Waals surface area contributed by atoms with Crippen LogP contribution in [-0.4, -0.2) is 36.3 Å². The number of carbonyl (C=O) groups is 2. The Balaban J connectivity index is 1.79. The summed E-state index contributed by atoms with van der Waals surface area (Å²) < 4.78 is 19.8. The maximum Gasteiger partial charge on any atom is 0.414 e. The van der Waals surface area contributed by atoms with E-state index in [0.29, 0.717) is 22.4 Å². The highest BCUT2D eigenvalue weighted by Crippen LogP contribution is 2.29. The SMILES string of the molecule is CC(=O)NC[C@H]1CN(c2ccc(-c3cccc(CO)c3)c(F)c2)C(=O)O1. The molecule has 3 rings (SSSR count). The molecule has 26 heavy (non-hydrogen) atoms. The monoisotopic (exact) mass is 358 g/mol. The lowest BCUT2D eigenvalue weighted by Crippen LogP contribution is -2.33. The van der Waals surface area contributed by atoms with Crippen LogP contribution < -0.4 is 10.2 Å². The normalized spacial score (nSPS) is 16.5. The number of hydrogen-bond donors (Lipinski definition) is 2. The first kappa shape index (κ1) is 17.9. The van der Waals surface area contributed by atoms with Crippen LogP contribution in [0.4, 0.5) is 14.9 Å². The molecule has 0 bridgehead atoms. The molecule has 0 radical (unpaired) electrons. The molecule has 1 atom stereocenters. The van der Waals surface area contributed by atoms with E-state index in [2.05, 4.69) is 5.32 Å². The number of benzene rings is 2. The summed E-state index contributed by atoms with van der Waals surface area (Å²) in [5, 5.41) is 11.8. The van der Waals surface area contributed by atoms with Crippen LogP contribution in [0.5, 0.6) is 0 Å². The van der Waals surface area contributed by atoms with E-state index in [0.717, 1.165) is 0 Å². The lowest BCUT2D eigenvalue weighted by molar-refractivity contribution is -0.119. The van der Waals surface area contributed by atoms with Crippen LogP contribution in [0.2, 0.25) is 0 Å². The van der Waals surface area contributed by atoms with Gasteiger partial charge >= 0.3 is 6.09 Å². The second-order valence-corrected chi connectivity index (χ2v) is 6.08. The van der Waals surface area contributed by atoms with Crippen LogP contribution in [0.15, 0.2) is 42.5 Å². The second kappa shape index (κ2) is 7.53. The Labute approximate surface area is 150 Å². The van der Waals surface area contributed by atoms with E-state index < -0.39 is 18.0 Å². The van der Waals surface area contributed by atoms with Gasteiger partial charge in [-0.2, -0.15) is 0 Å². The zero-order valence-electron chi connectivity index (χ0n) is 14.2. The summed E-state index contributed by atoms with van der Waals surface area (Å²) >= 11 is 0. The fourth-order valence-corrected chi connectivity index (χ4v) is 2.84. The number of rotatable bonds is 5. The van der Waals surface area contributed by atoms with Crippen molar-refractivity contribution in [1.29, 1.82) is 0 Å². The van der Waals surface area contributed by atoms with Gasteiger partial charge in [-0.25, -0.2) is 9.18 Å². The van der Waals surface area contributed by atoms with Crippen molar-refractivity contribution in [1.82, 2.24) is 5.32 Å². The first-order valence-corrected chi connectivity index (χ1v) is 8.20. The van der Waals surface area contributed by atoms with Crippen molar-refractivity contribution in [3.05, 3.63) is 53.8 Å². The highest BCUT2D eigenvalue weighted by Gasteiger charge is 2.32. The van der Waals surface area contributed by atoms with Crippen molar-refractivity contribution in [2.24, 2.45) is 0 Å². The van der Waals surface area contributed by atoms with Crippen molar-refractivity contribution >= 4 is 17.7 Å². The first-order chi connectivity index (χ1) is 12.5. The van der Waals surface area contributed by atoms with Crippen LogP contribution >= 0.6 is 0 Å². The number of amides is 2. The molecule has 2 aromatic carbocycles. The zero-order valence-corrected chi connectivity index (χ0v) is 14.2. The van der Waals surface area contributed by atoms with E-state index in [4.69, 9.17) is 4.74 Å². The number of hydrogen-bond acceptors (Lipinski definition) is 4. The highest BCUT2D eigenvalue weighted by atomic mass is 19.1. The molecule has 0 spiro atoms. The van der Waals surface area contributed by atoms with Gasteiger partial charge < -0.3 is 15.2 Å². The molecule has 1 saturated heterocycles. The lowest BCUT2D eigenvalue weighted by atomic mass is 10.0. The Kier molecular flexibility index (Phi) is 5.18. The summed E-state index contributed by atoms with van der Waals surface area (Å²) in [7, 11) is 0. The van der Waals surface area contributed by atoms with Crippen LogP contribution in [0.3, 0.4) is 0 Å². The van der Waals surface area contributed by atoms with Crippen molar-refractivity contribution in [2.45, 2.75) is 19.6 Å². The number of anilines is 1. The third-order valence-corrected chi connectivity index (χ3v) is 4.14. The van der Waals surface area contributed by atoms with Gasteiger partial charge in [0.15, 0.2) is 0 Å². The molecule has 2 amide bonds. The van der Waals surface area contributed by atoms with E-state index >= 15 is 0 Å². The Morgan fingerprint density at radius 1 is 1.35 bits per heavy atom. The molecule has 0 aliphatic carbocycles. The number of aliphatic hydroxyl groups is 1. The number of halogens is 1. The molecule has 1 heterocycles. The number of nitrogens with one attached hydrogen (secondary N) is 1. The van der Waals surface area contributed by atoms with Gasteiger partial charge in [-0.3, -0.25) is 9.69 Å². The molecule has 0 unspecified atom stereocenters. The van der Waals surface area contributed by atoms with Gasteiger partial charge in [0.2, 0.25) is 5.91 Å². The van der Waals surface area contributed by atoms with Gasteiger partial charge in [0.25, 0.3) is 0 Å². The van der Waals surface area contributed by atoms with Crippen LogP contribution in [0, 0.1) is 5.82 Å². The molecule has 7 heteroatoms. The quantitative estimate of drug-likeness (QED) is 0.861. The van der Waals surface area contributed by atoms with Gasteiger partial charge in [-0.05, 0) is 35.4 Å². The highest BCUT2D eigenvalue weighted by molar-refractivity contribution is 5.90. The number of carbonyl (C=O) groups excluding carboxylic acids is 2. The second-order valence-electron chi connectivity index (χ2n) is 6.08. The Bertz CT molecular complexity index is 840. The molecule has 2 N–H and O–H groups in total. The van der Waals surface area contributed by atoms with Crippen LogP contribution in [-0.2, 0) is 16.1 Å². The molecular weight excluding hydrogens is 339 g/mol. The minimum absolute atomic E-state index is 0.122. The third kappa shape index (κ3) is 3.83. The maximum absolute atomic E-state index is 14.6. The maximum atomic E-state index is 14.6. The van der Waals surface area contributed by atoms with E-state index in [1.54, 1.807) is 36.4 Å². The zero-order chi connectivity index (χ0) is 18.7. The van der Waals surface area contributed by atoms with E-state index in [1.807, 2.05) is 0 Å². The molecule has 0 aromatic heterocycles. The van der Waals surface area contributed by atoms with E-state index in [1.165, 1.54) is 17.9 Å². The predicted molar refractivity (Wildman–Crippen MR) is 94.1 cm³/mol. The summed E-state index contributed by atoms with van der Waals surface area (Å²) in [5.74, 6) is -0.685. The van der Waals surface area contributed by atoms with Gasteiger partial charge in [0.05, 0.1) is 25.4 Å². The smallest absolute Gasteiger partial charge is 0.414 e. The summed E-state index contributed by atoms with van der Waals surface area (Å²) in [6.07, 6.45) is -1.05. The number of ether oxygens (including phenoxy) is 1. The molecule has 2 aromatic rings. The van der Waals surface area contributed by atoms with Crippen LogP contribution in [0.25, 0.3) is 11.1 Å². The standard InChI is InChI=1S/C19H19FN2O4/c1-12(24)21-9-16-10-22(19(25)26-16)15-5-6-17(18(20)8-15)14-4-2-3-13(7-14)11-23/h2-8,16,23H,9-11H2,1H3,(H,21,24)/t16-/m0/s1. The molecule has 136 valence electrons. The van der Waals surface area contributed by atoms with E-state index in [9.17, 15) is 19.1 Å². The Morgan fingerprint density at radius 3 is 2.85 bits per heavy atom. The molecule has 0 saturated carbocycles. The number of cyclic esters (lactones) is 1. The molecule has 1 aliphatic heterocycles. The summed E-state index contributed by atoms with van der Waals surface area (Å²) in [4.78, 5) is 24.3. The minimum atomic E-state index is -0.574. The Morgan fingerprint density at radius 2 is 2.15 bits per heavy atom. The van der Waals surface area contributed by atoms with Crippen molar-refractivity contribution < 1.29 is 23.8 Å². The van der Waals surface area contributed by atoms with Crippen LogP contribution in [0.1, 0.15) is 12.5 Å². The molecule has 1 aliphatic rings. The molecule has 1 fully saturated rings. The fraction of sp³-hybridized carbons (Fsp3) is 0.263. The van der Waals surface area contributed by atoms with Crippen molar-refractivity contribution in [2.75, 3.05) is 18.0 Å². The lowest BCUT2D eigenvalue weighted by Gasteiger charge is -2.15. The minimum Gasteiger partial charge on any atom is -0.442 e. The molecule has 6 nitrogen and oxygen atoms in total. The molecular formula is C19H19FN2O4. The van der Waals surface area contributed by atoms with Gasteiger partial charge in [0.1, 0.15) is 11.9 Å². The average molecular weight is 358 g/mol. The Hall–Kier alpha value is -2.93. The van der Waals surface area contributed by atoms with E-state index in [-0.39, 0.29) is 25.6 Å². The third-order valence-electron chi connectivity index (χ3n) is 4.14. The summed E-state index contributed by atoms with van der Waals surface area (Å²) in [6.45, 7) is 1.71.